The number of aromatic nitrogens is 2. The Morgan fingerprint density at radius 3 is 2.83 bits per heavy atom. The van der Waals surface area contributed by atoms with Gasteiger partial charge in [-0.2, -0.15) is 10.2 Å². The molecule has 0 aliphatic rings. The Kier molecular flexibility index (Phi) is 5.35. The number of phenols is 1. The Morgan fingerprint density at radius 1 is 1.43 bits per heavy atom. The van der Waals surface area contributed by atoms with Gasteiger partial charge in [0.25, 0.3) is 5.91 Å². The molecule has 1 heterocycles. The molecule has 23 heavy (non-hydrogen) atoms. The fourth-order valence-corrected chi connectivity index (χ4v) is 2.08. The number of phenolic OH excluding ortho intramolecular Hbond substituents is 1. The first-order valence-electron chi connectivity index (χ1n) is 7.28. The van der Waals surface area contributed by atoms with Gasteiger partial charge in [-0.15, -0.1) is 0 Å². The van der Waals surface area contributed by atoms with Crippen molar-refractivity contribution in [3.05, 3.63) is 41.2 Å². The monoisotopic (exact) mass is 316 g/mol. The summed E-state index contributed by atoms with van der Waals surface area (Å²) in [4.78, 5) is 11.8. The highest BCUT2D eigenvalue weighted by Gasteiger charge is 2.06. The number of carbonyl (C=O) groups is 1. The van der Waals surface area contributed by atoms with Crippen molar-refractivity contribution in [2.75, 3.05) is 6.61 Å². The summed E-state index contributed by atoms with van der Waals surface area (Å²) in [5.74, 6) is 0.172. The lowest BCUT2D eigenvalue weighted by molar-refractivity contribution is -0.121. The van der Waals surface area contributed by atoms with Crippen molar-refractivity contribution in [2.24, 2.45) is 5.10 Å². The molecule has 7 heteroatoms. The largest absolute Gasteiger partial charge is 0.504 e. The number of rotatable bonds is 6. The quantitative estimate of drug-likeness (QED) is 0.628. The van der Waals surface area contributed by atoms with Crippen LogP contribution in [0.3, 0.4) is 0 Å². The van der Waals surface area contributed by atoms with E-state index in [1.165, 1.54) is 12.3 Å². The molecule has 2 N–H and O–H groups in total. The van der Waals surface area contributed by atoms with E-state index in [2.05, 4.69) is 15.6 Å². The highest BCUT2D eigenvalue weighted by Crippen LogP contribution is 2.25. The van der Waals surface area contributed by atoms with E-state index >= 15 is 0 Å². The number of carbonyl (C=O) groups excluding carboxylic acids is 1. The van der Waals surface area contributed by atoms with E-state index in [-0.39, 0.29) is 18.2 Å². The van der Waals surface area contributed by atoms with Crippen LogP contribution in [0.4, 0.5) is 0 Å². The number of nitrogens with zero attached hydrogens (tertiary/aromatic N) is 3. The summed E-state index contributed by atoms with van der Waals surface area (Å²) in [7, 11) is 0. The molecular weight excluding hydrogens is 296 g/mol. The highest BCUT2D eigenvalue weighted by atomic mass is 16.5. The minimum atomic E-state index is -0.275. The molecule has 0 fully saturated rings. The van der Waals surface area contributed by atoms with Crippen LogP contribution in [0.2, 0.25) is 0 Å². The number of nitrogens with one attached hydrogen (secondary N) is 1. The number of ether oxygens (including phenoxy) is 1. The molecule has 2 rings (SSSR count). The van der Waals surface area contributed by atoms with Gasteiger partial charge in [-0.05, 0) is 50.6 Å². The van der Waals surface area contributed by atoms with Crippen molar-refractivity contribution in [3.63, 3.8) is 0 Å². The minimum Gasteiger partial charge on any atom is -0.504 e. The molecule has 0 aliphatic heterocycles. The average Bonchev–Trinajstić information content (AvgIpc) is 2.80. The molecule has 1 amide bonds. The zero-order valence-corrected chi connectivity index (χ0v) is 13.4. The molecule has 0 spiro atoms. The van der Waals surface area contributed by atoms with Crippen LogP contribution in [0, 0.1) is 13.8 Å². The van der Waals surface area contributed by atoms with Gasteiger partial charge in [0, 0.05) is 5.69 Å². The minimum absolute atomic E-state index is 0.0322. The van der Waals surface area contributed by atoms with E-state index in [4.69, 9.17) is 4.74 Å². The Morgan fingerprint density at radius 2 is 2.22 bits per heavy atom. The summed E-state index contributed by atoms with van der Waals surface area (Å²) in [6.45, 7) is 6.18. The Labute approximate surface area is 134 Å². The molecule has 2 aromatic rings. The number of hydrogen-bond donors (Lipinski definition) is 2. The third-order valence-corrected chi connectivity index (χ3v) is 3.08. The van der Waals surface area contributed by atoms with Gasteiger partial charge in [0.2, 0.25) is 0 Å². The fourth-order valence-electron chi connectivity index (χ4n) is 2.08. The number of hydrogen-bond acceptors (Lipinski definition) is 5. The van der Waals surface area contributed by atoms with Gasteiger partial charge in [0.15, 0.2) is 11.5 Å². The average molecular weight is 316 g/mol. The molecule has 0 saturated carbocycles. The lowest BCUT2D eigenvalue weighted by atomic mass is 10.2. The van der Waals surface area contributed by atoms with Crippen LogP contribution in [0.25, 0.3) is 0 Å². The molecular formula is C16H20N4O3. The number of amides is 1. The highest BCUT2D eigenvalue weighted by molar-refractivity contribution is 5.83. The maximum atomic E-state index is 11.8. The normalized spacial score (nSPS) is 10.9. The number of hydrazone groups is 1. The zero-order chi connectivity index (χ0) is 16.8. The molecule has 0 aliphatic carbocycles. The maximum absolute atomic E-state index is 11.8. The predicted molar refractivity (Wildman–Crippen MR) is 86.7 cm³/mol. The SMILES string of the molecule is CCOc1ccc(/C=N/NC(=O)Cn2nc(C)cc2C)cc1O. The molecule has 1 aromatic heterocycles. The van der Waals surface area contributed by atoms with Gasteiger partial charge in [0.05, 0.1) is 18.5 Å². The van der Waals surface area contributed by atoms with E-state index in [1.807, 2.05) is 26.8 Å². The van der Waals surface area contributed by atoms with Crippen LogP contribution in [-0.2, 0) is 11.3 Å². The molecule has 0 saturated heterocycles. The summed E-state index contributed by atoms with van der Waals surface area (Å²) in [5.41, 5.74) is 4.86. The Balaban J connectivity index is 1.92. The van der Waals surface area contributed by atoms with Crippen molar-refractivity contribution < 1.29 is 14.6 Å². The van der Waals surface area contributed by atoms with E-state index in [9.17, 15) is 9.90 Å². The van der Waals surface area contributed by atoms with Crippen molar-refractivity contribution in [2.45, 2.75) is 27.3 Å². The molecule has 0 radical (unpaired) electrons. The first-order chi connectivity index (χ1) is 11.0. The van der Waals surface area contributed by atoms with Crippen LogP contribution in [0.15, 0.2) is 29.4 Å². The smallest absolute Gasteiger partial charge is 0.261 e. The third kappa shape index (κ3) is 4.57. The number of aryl methyl sites for hydroxylation is 2. The van der Waals surface area contributed by atoms with Crippen LogP contribution in [0.5, 0.6) is 11.5 Å². The Hall–Kier alpha value is -2.83. The van der Waals surface area contributed by atoms with Crippen molar-refractivity contribution in [1.82, 2.24) is 15.2 Å². The lowest BCUT2D eigenvalue weighted by Crippen LogP contribution is -2.24. The van der Waals surface area contributed by atoms with Gasteiger partial charge < -0.3 is 9.84 Å². The van der Waals surface area contributed by atoms with Gasteiger partial charge in [-0.3, -0.25) is 9.48 Å². The standard InChI is InChI=1S/C16H20N4O3/c1-4-23-15-6-5-13(8-14(15)21)9-17-18-16(22)10-20-12(3)7-11(2)19-20/h5-9,21H,4,10H2,1-3H3,(H,18,22)/b17-9+. The maximum Gasteiger partial charge on any atom is 0.261 e. The molecule has 1 aromatic carbocycles. The summed E-state index contributed by atoms with van der Waals surface area (Å²) in [5, 5.41) is 17.9. The lowest BCUT2D eigenvalue weighted by Gasteiger charge is -2.05. The molecule has 122 valence electrons. The van der Waals surface area contributed by atoms with Crippen molar-refractivity contribution in [1.29, 1.82) is 0 Å². The topological polar surface area (TPSA) is 88.7 Å². The van der Waals surface area contributed by atoms with E-state index in [0.717, 1.165) is 11.4 Å². The zero-order valence-electron chi connectivity index (χ0n) is 13.4. The van der Waals surface area contributed by atoms with Crippen LogP contribution < -0.4 is 10.2 Å². The van der Waals surface area contributed by atoms with E-state index < -0.39 is 0 Å². The summed E-state index contributed by atoms with van der Waals surface area (Å²) < 4.78 is 6.85. The van der Waals surface area contributed by atoms with Crippen LogP contribution in [0.1, 0.15) is 23.9 Å². The molecule has 0 bridgehead atoms. The van der Waals surface area contributed by atoms with Crippen LogP contribution in [-0.4, -0.2) is 33.6 Å². The first kappa shape index (κ1) is 16.5. The molecule has 7 nitrogen and oxygen atoms in total. The van der Waals surface area contributed by atoms with Gasteiger partial charge in [-0.25, -0.2) is 5.43 Å². The second-order valence-electron chi connectivity index (χ2n) is 5.04. The Bertz CT molecular complexity index is 722. The number of benzene rings is 1. The van der Waals surface area contributed by atoms with Gasteiger partial charge in [-0.1, -0.05) is 0 Å². The summed E-state index contributed by atoms with van der Waals surface area (Å²) in [6, 6.07) is 6.81. The summed E-state index contributed by atoms with van der Waals surface area (Å²) >= 11 is 0. The second kappa shape index (κ2) is 7.44. The van der Waals surface area contributed by atoms with Gasteiger partial charge in [0.1, 0.15) is 6.54 Å². The first-order valence-corrected chi connectivity index (χ1v) is 7.28. The third-order valence-electron chi connectivity index (χ3n) is 3.08. The number of aromatic hydroxyl groups is 1. The van der Waals surface area contributed by atoms with Crippen molar-refractivity contribution >= 4 is 12.1 Å². The molecule has 0 atom stereocenters. The van der Waals surface area contributed by atoms with Gasteiger partial charge >= 0.3 is 0 Å². The predicted octanol–water partition coefficient (Wildman–Crippen LogP) is 1.75. The summed E-state index contributed by atoms with van der Waals surface area (Å²) in [6.07, 6.45) is 1.45. The fraction of sp³-hybridized carbons (Fsp3) is 0.312. The van der Waals surface area contributed by atoms with Crippen LogP contribution >= 0.6 is 0 Å². The second-order valence-corrected chi connectivity index (χ2v) is 5.04. The molecule has 0 unspecified atom stereocenters. The van der Waals surface area contributed by atoms with E-state index in [0.29, 0.717) is 17.9 Å². The van der Waals surface area contributed by atoms with E-state index in [1.54, 1.807) is 16.8 Å². The van der Waals surface area contributed by atoms with Crippen molar-refractivity contribution in [3.8, 4) is 11.5 Å².